The number of likely N-dealkylation sites (tertiary alicyclic amines) is 1. The van der Waals surface area contributed by atoms with E-state index in [1.165, 1.54) is 12.8 Å². The molecule has 3 heterocycles. The molecule has 1 aromatic heterocycles. The average Bonchev–Trinajstić information content (AvgIpc) is 3.33. The zero-order chi connectivity index (χ0) is 17.4. The Bertz CT molecular complexity index is 651. The van der Waals surface area contributed by atoms with E-state index in [4.69, 9.17) is 0 Å². The summed E-state index contributed by atoms with van der Waals surface area (Å²) in [4.78, 5) is 27.0. The maximum Gasteiger partial charge on any atom is 0.225 e. The number of hydrogen-bond acceptors (Lipinski definition) is 4. The normalized spacial score (nSPS) is 26.9. The lowest BCUT2D eigenvalue weighted by molar-refractivity contribution is -0.130. The van der Waals surface area contributed by atoms with E-state index in [9.17, 15) is 9.59 Å². The number of aryl methyl sites for hydroxylation is 2. The molecule has 7 heteroatoms. The molecule has 1 saturated heterocycles. The van der Waals surface area contributed by atoms with Crippen LogP contribution in [0.5, 0.6) is 0 Å². The number of aromatic nitrogens is 3. The molecular formula is C18H27N5O2. The van der Waals surface area contributed by atoms with Crippen LogP contribution < -0.4 is 5.32 Å². The molecule has 1 N–H and O–H groups in total. The molecule has 2 fully saturated rings. The van der Waals surface area contributed by atoms with Gasteiger partial charge in [0, 0.05) is 44.4 Å². The van der Waals surface area contributed by atoms with Crippen LogP contribution in [0.1, 0.15) is 57.1 Å². The van der Waals surface area contributed by atoms with Gasteiger partial charge in [0.2, 0.25) is 11.8 Å². The van der Waals surface area contributed by atoms with E-state index in [2.05, 4.69) is 27.0 Å². The van der Waals surface area contributed by atoms with Gasteiger partial charge in [-0.05, 0) is 19.3 Å². The molecule has 136 valence electrons. The van der Waals surface area contributed by atoms with Crippen molar-refractivity contribution in [2.75, 3.05) is 6.54 Å². The van der Waals surface area contributed by atoms with Crippen molar-refractivity contribution in [2.24, 2.45) is 5.92 Å². The lowest BCUT2D eigenvalue weighted by Gasteiger charge is -2.27. The molecule has 0 bridgehead atoms. The van der Waals surface area contributed by atoms with Crippen molar-refractivity contribution < 1.29 is 9.59 Å². The lowest BCUT2D eigenvalue weighted by atomic mass is 10.0. The highest BCUT2D eigenvalue weighted by Crippen LogP contribution is 2.29. The van der Waals surface area contributed by atoms with Crippen LogP contribution in [0.25, 0.3) is 0 Å². The number of hydrogen-bond donors (Lipinski definition) is 1. The number of fused-ring (bicyclic) bond motifs is 1. The Morgan fingerprint density at radius 1 is 1.20 bits per heavy atom. The molecule has 0 aromatic carbocycles. The molecule has 3 aliphatic rings. The van der Waals surface area contributed by atoms with Crippen molar-refractivity contribution in [3.05, 3.63) is 11.6 Å². The van der Waals surface area contributed by atoms with Crippen LogP contribution in [0, 0.1) is 5.92 Å². The van der Waals surface area contributed by atoms with Crippen molar-refractivity contribution in [2.45, 2.75) is 76.9 Å². The Hall–Kier alpha value is -1.92. The van der Waals surface area contributed by atoms with E-state index in [1.54, 1.807) is 0 Å². The van der Waals surface area contributed by atoms with Crippen LogP contribution >= 0.6 is 0 Å². The van der Waals surface area contributed by atoms with Crippen LogP contribution in [0.4, 0.5) is 0 Å². The van der Waals surface area contributed by atoms with Crippen molar-refractivity contribution >= 4 is 11.8 Å². The van der Waals surface area contributed by atoms with Crippen LogP contribution in [0.3, 0.4) is 0 Å². The predicted molar refractivity (Wildman–Crippen MR) is 91.7 cm³/mol. The van der Waals surface area contributed by atoms with Crippen LogP contribution in [0.2, 0.25) is 0 Å². The molecule has 7 nitrogen and oxygen atoms in total. The first-order valence-corrected chi connectivity index (χ1v) is 9.66. The summed E-state index contributed by atoms with van der Waals surface area (Å²) in [6.07, 6.45) is 7.55. The molecule has 0 unspecified atom stereocenters. The van der Waals surface area contributed by atoms with Crippen molar-refractivity contribution in [1.82, 2.24) is 25.0 Å². The second-order valence-corrected chi connectivity index (χ2v) is 7.63. The van der Waals surface area contributed by atoms with Gasteiger partial charge in [0.1, 0.15) is 11.6 Å². The van der Waals surface area contributed by atoms with E-state index >= 15 is 0 Å². The number of carbonyl (C=O) groups excluding carboxylic acids is 2. The van der Waals surface area contributed by atoms with E-state index in [1.807, 2.05) is 4.90 Å². The fraction of sp³-hybridized carbons (Fsp3) is 0.778. The Morgan fingerprint density at radius 3 is 2.76 bits per heavy atom. The molecule has 0 spiro atoms. The SMILES string of the molecule is CCc1nnc2n1C[C@@H](NC(=O)[C@@H]1CC(=O)N(C3CCCC3)C1)CC2. The summed E-state index contributed by atoms with van der Waals surface area (Å²) >= 11 is 0. The van der Waals surface area contributed by atoms with Gasteiger partial charge in [0.25, 0.3) is 0 Å². The number of carbonyl (C=O) groups is 2. The Labute approximate surface area is 148 Å². The summed E-state index contributed by atoms with van der Waals surface area (Å²) in [6, 6.07) is 0.476. The zero-order valence-corrected chi connectivity index (χ0v) is 14.9. The number of rotatable bonds is 4. The lowest BCUT2D eigenvalue weighted by Crippen LogP contribution is -2.44. The zero-order valence-electron chi connectivity index (χ0n) is 14.9. The Kier molecular flexibility index (Phi) is 4.48. The molecule has 2 atom stereocenters. The maximum atomic E-state index is 12.7. The molecule has 2 aliphatic heterocycles. The monoisotopic (exact) mass is 345 g/mol. The molecule has 25 heavy (non-hydrogen) atoms. The summed E-state index contributed by atoms with van der Waals surface area (Å²) in [7, 11) is 0. The first kappa shape index (κ1) is 16.5. The summed E-state index contributed by atoms with van der Waals surface area (Å²) in [6.45, 7) is 3.41. The second kappa shape index (κ2) is 6.77. The average molecular weight is 345 g/mol. The topological polar surface area (TPSA) is 80.1 Å². The number of nitrogens with one attached hydrogen (secondary N) is 1. The van der Waals surface area contributed by atoms with Gasteiger partial charge in [0.15, 0.2) is 0 Å². The van der Waals surface area contributed by atoms with Gasteiger partial charge in [-0.15, -0.1) is 10.2 Å². The Morgan fingerprint density at radius 2 is 2.00 bits per heavy atom. The summed E-state index contributed by atoms with van der Waals surface area (Å²) in [5.74, 6) is 2.00. The predicted octanol–water partition coefficient (Wildman–Crippen LogP) is 1.06. The van der Waals surface area contributed by atoms with E-state index < -0.39 is 0 Å². The summed E-state index contributed by atoms with van der Waals surface area (Å²) < 4.78 is 2.14. The van der Waals surface area contributed by atoms with E-state index in [0.29, 0.717) is 19.0 Å². The molecule has 2 amide bonds. The molecule has 4 rings (SSSR count). The van der Waals surface area contributed by atoms with Gasteiger partial charge in [-0.1, -0.05) is 19.8 Å². The number of amides is 2. The molecular weight excluding hydrogens is 318 g/mol. The minimum absolute atomic E-state index is 0.0356. The van der Waals surface area contributed by atoms with Crippen LogP contribution in [-0.4, -0.2) is 50.1 Å². The van der Waals surface area contributed by atoms with Crippen molar-refractivity contribution in [3.63, 3.8) is 0 Å². The number of nitrogens with zero attached hydrogens (tertiary/aromatic N) is 4. The molecule has 0 radical (unpaired) electrons. The highest BCUT2D eigenvalue weighted by Gasteiger charge is 2.39. The minimum atomic E-state index is -0.193. The van der Waals surface area contributed by atoms with Gasteiger partial charge < -0.3 is 14.8 Å². The molecule has 1 aliphatic carbocycles. The quantitative estimate of drug-likeness (QED) is 0.885. The van der Waals surface area contributed by atoms with Gasteiger partial charge in [-0.2, -0.15) is 0 Å². The van der Waals surface area contributed by atoms with Gasteiger partial charge in [-0.3, -0.25) is 9.59 Å². The standard InChI is InChI=1S/C18H27N5O2/c1-2-15-20-21-16-8-7-13(11-23(15)16)19-18(25)12-9-17(24)22(10-12)14-5-3-4-6-14/h12-14H,2-11H2,1H3,(H,19,25)/t12-,13+/m1/s1. The van der Waals surface area contributed by atoms with E-state index in [-0.39, 0.29) is 23.8 Å². The van der Waals surface area contributed by atoms with E-state index in [0.717, 1.165) is 50.3 Å². The molecule has 1 aromatic rings. The van der Waals surface area contributed by atoms with Gasteiger partial charge >= 0.3 is 0 Å². The Balaban J connectivity index is 1.35. The second-order valence-electron chi connectivity index (χ2n) is 7.63. The van der Waals surface area contributed by atoms with Gasteiger partial charge in [0.05, 0.1) is 5.92 Å². The first-order valence-electron chi connectivity index (χ1n) is 9.66. The fourth-order valence-electron chi connectivity index (χ4n) is 4.56. The van der Waals surface area contributed by atoms with Crippen LogP contribution in [0.15, 0.2) is 0 Å². The minimum Gasteiger partial charge on any atom is -0.351 e. The third-order valence-corrected chi connectivity index (χ3v) is 5.98. The van der Waals surface area contributed by atoms with Crippen LogP contribution in [-0.2, 0) is 29.0 Å². The smallest absolute Gasteiger partial charge is 0.225 e. The first-order chi connectivity index (χ1) is 12.2. The summed E-state index contributed by atoms with van der Waals surface area (Å²) in [5, 5.41) is 11.6. The third kappa shape index (κ3) is 3.16. The fourth-order valence-corrected chi connectivity index (χ4v) is 4.56. The van der Waals surface area contributed by atoms with Gasteiger partial charge in [-0.25, -0.2) is 0 Å². The highest BCUT2D eigenvalue weighted by atomic mass is 16.2. The highest BCUT2D eigenvalue weighted by molar-refractivity contribution is 5.89. The molecule has 1 saturated carbocycles. The largest absolute Gasteiger partial charge is 0.351 e. The summed E-state index contributed by atoms with van der Waals surface area (Å²) in [5.41, 5.74) is 0. The van der Waals surface area contributed by atoms with Crippen molar-refractivity contribution in [1.29, 1.82) is 0 Å². The maximum absolute atomic E-state index is 12.7. The van der Waals surface area contributed by atoms with Crippen molar-refractivity contribution in [3.8, 4) is 0 Å². The third-order valence-electron chi connectivity index (χ3n) is 5.98.